The molecule has 0 aliphatic carbocycles. The molecule has 1 N–H and O–H groups in total. The van der Waals surface area contributed by atoms with E-state index in [4.69, 9.17) is 0 Å². The van der Waals surface area contributed by atoms with Gasteiger partial charge in [-0.3, -0.25) is 9.59 Å². The molecule has 0 spiro atoms. The Hall–Kier alpha value is -2.14. The van der Waals surface area contributed by atoms with E-state index in [9.17, 15) is 9.59 Å². The number of carbonyl (C=O) groups is 2. The first kappa shape index (κ1) is 15.7. The first-order chi connectivity index (χ1) is 11.1. The second-order valence-corrected chi connectivity index (χ2v) is 6.46. The quantitative estimate of drug-likeness (QED) is 0.886. The van der Waals surface area contributed by atoms with Gasteiger partial charge < -0.3 is 10.2 Å². The Morgan fingerprint density at radius 1 is 0.957 bits per heavy atom. The summed E-state index contributed by atoms with van der Waals surface area (Å²) in [7, 11) is 0. The number of halogens is 1. The van der Waals surface area contributed by atoms with E-state index in [0.29, 0.717) is 16.8 Å². The van der Waals surface area contributed by atoms with E-state index < -0.39 is 0 Å². The van der Waals surface area contributed by atoms with Crippen LogP contribution in [0.2, 0.25) is 0 Å². The number of amides is 2. The monoisotopic (exact) mass is 372 g/mol. The third-order valence-corrected chi connectivity index (χ3v) is 4.34. The number of nitrogens with zero attached hydrogens (tertiary/aromatic N) is 1. The van der Waals surface area contributed by atoms with E-state index >= 15 is 0 Å². The molecule has 5 heteroatoms. The van der Waals surface area contributed by atoms with Crippen molar-refractivity contribution in [3.05, 3.63) is 64.1 Å². The minimum atomic E-state index is -0.223. The first-order valence-electron chi connectivity index (χ1n) is 7.60. The number of carbonyl (C=O) groups excluding carboxylic acids is 2. The van der Waals surface area contributed by atoms with E-state index in [1.54, 1.807) is 24.3 Å². The van der Waals surface area contributed by atoms with Crippen LogP contribution in [0.5, 0.6) is 0 Å². The molecule has 3 rings (SSSR count). The van der Waals surface area contributed by atoms with Crippen LogP contribution in [0, 0.1) is 0 Å². The third kappa shape index (κ3) is 3.79. The van der Waals surface area contributed by atoms with Crippen LogP contribution >= 0.6 is 15.9 Å². The molecule has 118 valence electrons. The van der Waals surface area contributed by atoms with E-state index in [0.717, 1.165) is 30.4 Å². The van der Waals surface area contributed by atoms with Crippen LogP contribution in [-0.2, 0) is 0 Å². The lowest BCUT2D eigenvalue weighted by atomic mass is 10.1. The fourth-order valence-corrected chi connectivity index (χ4v) is 3.06. The van der Waals surface area contributed by atoms with Gasteiger partial charge >= 0.3 is 0 Å². The molecule has 0 radical (unpaired) electrons. The van der Waals surface area contributed by atoms with Gasteiger partial charge in [0.1, 0.15) is 0 Å². The Morgan fingerprint density at radius 2 is 1.65 bits per heavy atom. The highest BCUT2D eigenvalue weighted by atomic mass is 79.9. The summed E-state index contributed by atoms with van der Waals surface area (Å²) in [6, 6.07) is 14.3. The topological polar surface area (TPSA) is 49.4 Å². The van der Waals surface area contributed by atoms with Crippen LogP contribution in [0.25, 0.3) is 0 Å². The predicted octanol–water partition coefficient (Wildman–Crippen LogP) is 3.94. The number of nitrogens with one attached hydrogen (secondary N) is 1. The Labute approximate surface area is 143 Å². The molecule has 1 aliphatic rings. The second-order valence-electron chi connectivity index (χ2n) is 5.54. The number of rotatable bonds is 3. The maximum atomic E-state index is 12.4. The normalized spacial score (nSPS) is 13.9. The van der Waals surface area contributed by atoms with Crippen molar-refractivity contribution in [2.24, 2.45) is 0 Å². The molecular weight excluding hydrogens is 356 g/mol. The molecule has 2 amide bonds. The summed E-state index contributed by atoms with van der Waals surface area (Å²) in [6.07, 6.45) is 2.10. The van der Waals surface area contributed by atoms with Gasteiger partial charge in [-0.1, -0.05) is 28.1 Å². The molecule has 23 heavy (non-hydrogen) atoms. The zero-order valence-corrected chi connectivity index (χ0v) is 14.2. The number of hydrogen-bond donors (Lipinski definition) is 1. The molecule has 2 aromatic rings. The van der Waals surface area contributed by atoms with Crippen molar-refractivity contribution >= 4 is 33.4 Å². The minimum absolute atomic E-state index is 0.000365. The van der Waals surface area contributed by atoms with E-state index in [-0.39, 0.29) is 11.8 Å². The fraction of sp³-hybridized carbons (Fsp3) is 0.222. The van der Waals surface area contributed by atoms with Crippen LogP contribution in [0.1, 0.15) is 33.6 Å². The van der Waals surface area contributed by atoms with Gasteiger partial charge in [0.05, 0.1) is 0 Å². The largest absolute Gasteiger partial charge is 0.339 e. The third-order valence-electron chi connectivity index (χ3n) is 3.85. The molecule has 0 bridgehead atoms. The lowest BCUT2D eigenvalue weighted by Gasteiger charge is -2.15. The maximum Gasteiger partial charge on any atom is 0.255 e. The van der Waals surface area contributed by atoms with Crippen LogP contribution in [-0.4, -0.2) is 29.8 Å². The van der Waals surface area contributed by atoms with Crippen LogP contribution < -0.4 is 5.32 Å². The van der Waals surface area contributed by atoms with Crippen molar-refractivity contribution in [2.45, 2.75) is 12.8 Å². The number of benzene rings is 2. The number of hydrogen-bond acceptors (Lipinski definition) is 2. The lowest BCUT2D eigenvalue weighted by molar-refractivity contribution is 0.0793. The van der Waals surface area contributed by atoms with Crippen molar-refractivity contribution in [3.8, 4) is 0 Å². The molecule has 0 aromatic heterocycles. The van der Waals surface area contributed by atoms with Crippen LogP contribution in [0.3, 0.4) is 0 Å². The van der Waals surface area contributed by atoms with Gasteiger partial charge in [0.2, 0.25) is 0 Å². The summed E-state index contributed by atoms with van der Waals surface area (Å²) in [6.45, 7) is 1.60. The van der Waals surface area contributed by atoms with Gasteiger partial charge in [0, 0.05) is 34.4 Å². The minimum Gasteiger partial charge on any atom is -0.339 e. The Bertz CT molecular complexity index is 739. The molecule has 0 saturated carbocycles. The summed E-state index contributed by atoms with van der Waals surface area (Å²) in [5.74, 6) is -0.223. The lowest BCUT2D eigenvalue weighted by Crippen LogP contribution is -2.27. The molecule has 1 fully saturated rings. The van der Waals surface area contributed by atoms with Crippen molar-refractivity contribution in [1.29, 1.82) is 0 Å². The Morgan fingerprint density at radius 3 is 2.39 bits per heavy atom. The molecule has 1 heterocycles. The van der Waals surface area contributed by atoms with E-state index in [2.05, 4.69) is 21.2 Å². The van der Waals surface area contributed by atoms with Crippen molar-refractivity contribution < 1.29 is 9.59 Å². The fourth-order valence-electron chi connectivity index (χ4n) is 2.67. The highest BCUT2D eigenvalue weighted by molar-refractivity contribution is 9.10. The Balaban J connectivity index is 1.76. The summed E-state index contributed by atoms with van der Waals surface area (Å²) in [5, 5.41) is 2.84. The van der Waals surface area contributed by atoms with E-state index in [1.165, 1.54) is 0 Å². The maximum absolute atomic E-state index is 12.4. The number of anilines is 1. The smallest absolute Gasteiger partial charge is 0.255 e. The summed E-state index contributed by atoms with van der Waals surface area (Å²) < 4.78 is 0.897. The molecule has 1 saturated heterocycles. The van der Waals surface area contributed by atoms with Gasteiger partial charge in [-0.05, 0) is 49.2 Å². The standard InChI is InChI=1S/C18H17BrN2O2/c19-15-7-4-8-16(12-15)20-17(22)13-5-3-6-14(11-13)18(23)21-9-1-2-10-21/h3-8,11-12H,1-2,9-10H2,(H,20,22). The molecule has 0 atom stereocenters. The van der Waals surface area contributed by atoms with Gasteiger partial charge in [0.15, 0.2) is 0 Å². The number of likely N-dealkylation sites (tertiary alicyclic amines) is 1. The van der Waals surface area contributed by atoms with Gasteiger partial charge in [0.25, 0.3) is 11.8 Å². The van der Waals surface area contributed by atoms with Gasteiger partial charge in [-0.15, -0.1) is 0 Å². The molecule has 1 aliphatic heterocycles. The average Bonchev–Trinajstić information content (AvgIpc) is 3.09. The highest BCUT2D eigenvalue weighted by Gasteiger charge is 2.20. The van der Waals surface area contributed by atoms with Gasteiger partial charge in [-0.2, -0.15) is 0 Å². The highest BCUT2D eigenvalue weighted by Crippen LogP contribution is 2.18. The summed E-state index contributed by atoms with van der Waals surface area (Å²) in [4.78, 5) is 26.6. The average molecular weight is 373 g/mol. The summed E-state index contributed by atoms with van der Waals surface area (Å²) in [5.41, 5.74) is 1.75. The molecular formula is C18H17BrN2O2. The zero-order valence-electron chi connectivity index (χ0n) is 12.6. The molecule has 2 aromatic carbocycles. The summed E-state index contributed by atoms with van der Waals surface area (Å²) >= 11 is 3.38. The van der Waals surface area contributed by atoms with Crippen molar-refractivity contribution in [2.75, 3.05) is 18.4 Å². The van der Waals surface area contributed by atoms with Crippen LogP contribution in [0.15, 0.2) is 53.0 Å². The van der Waals surface area contributed by atoms with Crippen molar-refractivity contribution in [1.82, 2.24) is 4.90 Å². The van der Waals surface area contributed by atoms with Crippen molar-refractivity contribution in [3.63, 3.8) is 0 Å². The molecule has 4 nitrogen and oxygen atoms in total. The van der Waals surface area contributed by atoms with E-state index in [1.807, 2.05) is 29.2 Å². The zero-order chi connectivity index (χ0) is 16.2. The van der Waals surface area contributed by atoms with Gasteiger partial charge in [-0.25, -0.2) is 0 Å². The first-order valence-corrected chi connectivity index (χ1v) is 8.39. The van der Waals surface area contributed by atoms with Crippen LogP contribution in [0.4, 0.5) is 5.69 Å². The SMILES string of the molecule is O=C(Nc1cccc(Br)c1)c1cccc(C(=O)N2CCCC2)c1. The molecule has 0 unspecified atom stereocenters. The Kier molecular flexibility index (Phi) is 4.76. The predicted molar refractivity (Wildman–Crippen MR) is 93.7 cm³/mol. The second kappa shape index (κ2) is 6.96.